The van der Waals surface area contributed by atoms with Crippen LogP contribution in [0.2, 0.25) is 0 Å². The molecular weight excluding hydrogens is 330 g/mol. The standard InChI is InChI=1S/C17H18BrNO2/c1-2-3-13-21-17(20)19(14-9-5-4-6-10-14)16-12-8-7-11-15(16)18/h4-12H,2-3,13H2,1H3. The van der Waals surface area contributed by atoms with Crippen LogP contribution in [0.5, 0.6) is 0 Å². The van der Waals surface area contributed by atoms with Gasteiger partial charge in [-0.05, 0) is 46.6 Å². The molecule has 0 N–H and O–H groups in total. The average molecular weight is 348 g/mol. The van der Waals surface area contributed by atoms with E-state index in [1.54, 1.807) is 4.90 Å². The molecule has 0 atom stereocenters. The lowest BCUT2D eigenvalue weighted by Gasteiger charge is -2.23. The Morgan fingerprint density at radius 3 is 2.43 bits per heavy atom. The molecule has 0 saturated carbocycles. The molecule has 4 heteroatoms. The topological polar surface area (TPSA) is 29.5 Å². The summed E-state index contributed by atoms with van der Waals surface area (Å²) in [7, 11) is 0. The Hall–Kier alpha value is -1.81. The minimum Gasteiger partial charge on any atom is -0.449 e. The third-order valence-corrected chi connectivity index (χ3v) is 3.68. The summed E-state index contributed by atoms with van der Waals surface area (Å²) < 4.78 is 6.22. The van der Waals surface area contributed by atoms with E-state index in [1.165, 1.54) is 0 Å². The van der Waals surface area contributed by atoms with Gasteiger partial charge in [-0.25, -0.2) is 9.69 Å². The van der Waals surface area contributed by atoms with Crippen LogP contribution in [0.25, 0.3) is 0 Å². The first-order valence-corrected chi connectivity index (χ1v) is 7.79. The number of carbonyl (C=O) groups is 1. The molecule has 0 bridgehead atoms. The van der Waals surface area contributed by atoms with E-state index in [2.05, 4.69) is 22.9 Å². The lowest BCUT2D eigenvalue weighted by molar-refractivity contribution is 0.155. The van der Waals surface area contributed by atoms with Crippen LogP contribution in [-0.4, -0.2) is 12.7 Å². The molecule has 3 nitrogen and oxygen atoms in total. The Morgan fingerprint density at radius 1 is 1.10 bits per heavy atom. The third kappa shape index (κ3) is 4.08. The summed E-state index contributed by atoms with van der Waals surface area (Å²) in [6.45, 7) is 2.50. The highest BCUT2D eigenvalue weighted by atomic mass is 79.9. The number of nitrogens with zero attached hydrogens (tertiary/aromatic N) is 1. The number of anilines is 2. The molecule has 0 aliphatic heterocycles. The molecule has 2 rings (SSSR count). The number of halogens is 1. The molecule has 2 aromatic carbocycles. The zero-order valence-corrected chi connectivity index (χ0v) is 13.5. The molecule has 0 fully saturated rings. The van der Waals surface area contributed by atoms with E-state index in [-0.39, 0.29) is 6.09 Å². The van der Waals surface area contributed by atoms with Crippen LogP contribution in [0.3, 0.4) is 0 Å². The van der Waals surface area contributed by atoms with Crippen molar-refractivity contribution in [2.24, 2.45) is 0 Å². The first-order chi connectivity index (χ1) is 10.2. The van der Waals surface area contributed by atoms with Crippen LogP contribution in [0.15, 0.2) is 59.1 Å². The van der Waals surface area contributed by atoms with Crippen LogP contribution in [0.1, 0.15) is 19.8 Å². The minimum atomic E-state index is -0.360. The summed E-state index contributed by atoms with van der Waals surface area (Å²) in [5, 5.41) is 0. The molecule has 1 amide bonds. The van der Waals surface area contributed by atoms with E-state index in [1.807, 2.05) is 54.6 Å². The van der Waals surface area contributed by atoms with Gasteiger partial charge in [-0.1, -0.05) is 43.7 Å². The molecule has 2 aromatic rings. The van der Waals surface area contributed by atoms with Gasteiger partial charge in [0.1, 0.15) is 0 Å². The maximum absolute atomic E-state index is 12.5. The zero-order chi connectivity index (χ0) is 15.1. The molecule has 0 aliphatic rings. The summed E-state index contributed by atoms with van der Waals surface area (Å²) in [6, 6.07) is 17.1. The molecule has 0 heterocycles. The smallest absolute Gasteiger partial charge is 0.418 e. The number of ether oxygens (including phenoxy) is 1. The monoisotopic (exact) mass is 347 g/mol. The van der Waals surface area contributed by atoms with Gasteiger partial charge in [-0.3, -0.25) is 0 Å². The maximum Gasteiger partial charge on any atom is 0.418 e. The van der Waals surface area contributed by atoms with Crippen molar-refractivity contribution in [3.05, 3.63) is 59.1 Å². The van der Waals surface area contributed by atoms with Gasteiger partial charge in [0.05, 0.1) is 18.0 Å². The number of amides is 1. The number of hydrogen-bond acceptors (Lipinski definition) is 2. The Labute approximate surface area is 133 Å². The number of para-hydroxylation sites is 2. The summed E-state index contributed by atoms with van der Waals surface area (Å²) in [5.74, 6) is 0. The highest BCUT2D eigenvalue weighted by Gasteiger charge is 2.21. The first kappa shape index (κ1) is 15.6. The SMILES string of the molecule is CCCCOC(=O)N(c1ccccc1)c1ccccc1Br. The normalized spacial score (nSPS) is 10.2. The van der Waals surface area contributed by atoms with Gasteiger partial charge in [0.25, 0.3) is 0 Å². The van der Waals surface area contributed by atoms with E-state index in [0.717, 1.165) is 28.7 Å². The molecule has 0 aromatic heterocycles. The van der Waals surface area contributed by atoms with Gasteiger partial charge in [0.2, 0.25) is 0 Å². The van der Waals surface area contributed by atoms with Crippen molar-refractivity contribution in [1.82, 2.24) is 0 Å². The number of carbonyl (C=O) groups excluding carboxylic acids is 1. The van der Waals surface area contributed by atoms with Crippen LogP contribution in [0, 0.1) is 0 Å². The molecular formula is C17H18BrNO2. The second-order valence-corrected chi connectivity index (χ2v) is 5.44. The minimum absolute atomic E-state index is 0.360. The Kier molecular flexibility index (Phi) is 5.81. The van der Waals surface area contributed by atoms with Gasteiger partial charge < -0.3 is 4.74 Å². The fraction of sp³-hybridized carbons (Fsp3) is 0.235. The Morgan fingerprint density at radius 2 is 1.76 bits per heavy atom. The number of hydrogen-bond donors (Lipinski definition) is 0. The second-order valence-electron chi connectivity index (χ2n) is 4.59. The first-order valence-electron chi connectivity index (χ1n) is 7.00. The van der Waals surface area contributed by atoms with Gasteiger partial charge in [-0.2, -0.15) is 0 Å². The lowest BCUT2D eigenvalue weighted by atomic mass is 10.2. The fourth-order valence-corrected chi connectivity index (χ4v) is 2.38. The van der Waals surface area contributed by atoms with Gasteiger partial charge in [-0.15, -0.1) is 0 Å². The van der Waals surface area contributed by atoms with Crippen molar-refractivity contribution >= 4 is 33.4 Å². The van der Waals surface area contributed by atoms with E-state index < -0.39 is 0 Å². The van der Waals surface area contributed by atoms with Gasteiger partial charge in [0.15, 0.2) is 0 Å². The average Bonchev–Trinajstić information content (AvgIpc) is 2.51. The highest BCUT2D eigenvalue weighted by Crippen LogP contribution is 2.32. The predicted octanol–water partition coefficient (Wildman–Crippen LogP) is 5.52. The summed E-state index contributed by atoms with van der Waals surface area (Å²) in [5.41, 5.74) is 1.55. The van der Waals surface area contributed by atoms with E-state index in [0.29, 0.717) is 6.61 Å². The molecule has 21 heavy (non-hydrogen) atoms. The maximum atomic E-state index is 12.5. The molecule has 0 saturated heterocycles. The highest BCUT2D eigenvalue weighted by molar-refractivity contribution is 9.10. The molecule has 0 radical (unpaired) electrons. The van der Waals surface area contributed by atoms with Crippen LogP contribution in [0.4, 0.5) is 16.2 Å². The number of rotatable bonds is 5. The summed E-state index contributed by atoms with van der Waals surface area (Å²) in [4.78, 5) is 14.0. The number of benzene rings is 2. The van der Waals surface area contributed by atoms with Crippen molar-refractivity contribution in [3.63, 3.8) is 0 Å². The van der Waals surface area contributed by atoms with E-state index >= 15 is 0 Å². The number of unbranched alkanes of at least 4 members (excludes halogenated alkanes) is 1. The van der Waals surface area contributed by atoms with Crippen LogP contribution < -0.4 is 4.90 Å². The summed E-state index contributed by atoms with van der Waals surface area (Å²) in [6.07, 6.45) is 1.50. The lowest BCUT2D eigenvalue weighted by Crippen LogP contribution is -2.27. The molecule has 0 aliphatic carbocycles. The zero-order valence-electron chi connectivity index (χ0n) is 12.0. The molecule has 0 unspecified atom stereocenters. The second kappa shape index (κ2) is 7.84. The largest absolute Gasteiger partial charge is 0.449 e. The third-order valence-electron chi connectivity index (χ3n) is 3.01. The van der Waals surface area contributed by atoms with Crippen molar-refractivity contribution in [3.8, 4) is 0 Å². The summed E-state index contributed by atoms with van der Waals surface area (Å²) >= 11 is 3.49. The van der Waals surface area contributed by atoms with Crippen LogP contribution in [-0.2, 0) is 4.74 Å². The Balaban J connectivity index is 2.32. The van der Waals surface area contributed by atoms with Crippen molar-refractivity contribution < 1.29 is 9.53 Å². The molecule has 0 spiro atoms. The van der Waals surface area contributed by atoms with Gasteiger partial charge >= 0.3 is 6.09 Å². The Bertz CT molecular complexity index is 586. The fourth-order valence-electron chi connectivity index (χ4n) is 1.92. The predicted molar refractivity (Wildman–Crippen MR) is 89.0 cm³/mol. The van der Waals surface area contributed by atoms with E-state index in [9.17, 15) is 4.79 Å². The van der Waals surface area contributed by atoms with E-state index in [4.69, 9.17) is 4.74 Å². The van der Waals surface area contributed by atoms with Crippen molar-refractivity contribution in [2.45, 2.75) is 19.8 Å². The van der Waals surface area contributed by atoms with Crippen molar-refractivity contribution in [1.29, 1.82) is 0 Å². The molecule has 110 valence electrons. The van der Waals surface area contributed by atoms with Crippen molar-refractivity contribution in [2.75, 3.05) is 11.5 Å². The van der Waals surface area contributed by atoms with Crippen LogP contribution >= 0.6 is 15.9 Å². The quantitative estimate of drug-likeness (QED) is 0.666. The van der Waals surface area contributed by atoms with Gasteiger partial charge in [0, 0.05) is 4.47 Å².